The fourth-order valence-corrected chi connectivity index (χ4v) is 6.31. The zero-order chi connectivity index (χ0) is 26.4. The molecule has 0 saturated heterocycles. The molecule has 196 valence electrons. The predicted molar refractivity (Wildman–Crippen MR) is 159 cm³/mol. The van der Waals surface area contributed by atoms with Crippen LogP contribution in [0.1, 0.15) is 93.4 Å². The number of benzene rings is 3. The van der Waals surface area contributed by atoms with Crippen molar-refractivity contribution in [3.63, 3.8) is 0 Å². The van der Waals surface area contributed by atoms with Gasteiger partial charge in [-0.2, -0.15) is 0 Å². The molecular weight excluding hydrogens is 472 g/mol. The van der Waals surface area contributed by atoms with Crippen molar-refractivity contribution in [3.05, 3.63) is 95.1 Å². The van der Waals surface area contributed by atoms with Gasteiger partial charge in [0, 0.05) is 23.2 Å². The Balaban J connectivity index is 1.62. The number of carbonyl (C=O) groups excluding carboxylic acids is 1. The van der Waals surface area contributed by atoms with Crippen molar-refractivity contribution in [2.75, 3.05) is 11.6 Å². The van der Waals surface area contributed by atoms with Crippen LogP contribution < -0.4 is 5.32 Å². The lowest BCUT2D eigenvalue weighted by molar-refractivity contribution is 0.157. The molecule has 0 aliphatic heterocycles. The molecule has 1 N–H and O–H groups in total. The zero-order valence-corrected chi connectivity index (χ0v) is 23.9. The minimum Gasteiger partial charge on any atom is -0.317 e. The summed E-state index contributed by atoms with van der Waals surface area (Å²) in [5, 5.41) is 3.42. The lowest BCUT2D eigenvalue weighted by atomic mass is 9.81. The first kappa shape index (κ1) is 27.3. The molecule has 0 bridgehead atoms. The van der Waals surface area contributed by atoms with E-state index in [-0.39, 0.29) is 12.1 Å². The minimum absolute atomic E-state index is 0.0223. The third-order valence-electron chi connectivity index (χ3n) is 7.81. The quantitative estimate of drug-likeness (QED) is 0.304. The van der Waals surface area contributed by atoms with E-state index in [0.29, 0.717) is 24.3 Å². The smallest absolute Gasteiger partial charge is 0.317 e. The van der Waals surface area contributed by atoms with Crippen LogP contribution in [0.25, 0.3) is 0 Å². The highest BCUT2D eigenvalue weighted by Gasteiger charge is 2.31. The van der Waals surface area contributed by atoms with Crippen molar-refractivity contribution in [1.82, 2.24) is 4.90 Å². The fraction of sp³-hybridized carbons (Fsp3) is 0.424. The SMILES string of the molecule is CSc1ccccc1CN(C(=O)Nc1c(C(C)C)cccc1C(C)C)C1CCC(c2ccccc2)CC1. The molecule has 0 atom stereocenters. The summed E-state index contributed by atoms with van der Waals surface area (Å²) in [4.78, 5) is 17.5. The van der Waals surface area contributed by atoms with Crippen molar-refractivity contribution >= 4 is 23.5 Å². The number of urea groups is 1. The van der Waals surface area contributed by atoms with E-state index in [0.717, 1.165) is 31.4 Å². The van der Waals surface area contributed by atoms with Gasteiger partial charge in [0.1, 0.15) is 0 Å². The molecule has 1 saturated carbocycles. The number of para-hydroxylation sites is 1. The molecule has 1 aliphatic carbocycles. The lowest BCUT2D eigenvalue weighted by Gasteiger charge is -2.38. The van der Waals surface area contributed by atoms with Gasteiger partial charge in [0.2, 0.25) is 0 Å². The summed E-state index contributed by atoms with van der Waals surface area (Å²) in [5.41, 5.74) is 6.06. The van der Waals surface area contributed by atoms with E-state index >= 15 is 0 Å². The summed E-state index contributed by atoms with van der Waals surface area (Å²) in [5.74, 6) is 1.25. The number of nitrogens with one attached hydrogen (secondary N) is 1. The summed E-state index contributed by atoms with van der Waals surface area (Å²) < 4.78 is 0. The second kappa shape index (κ2) is 12.7. The van der Waals surface area contributed by atoms with Gasteiger partial charge in [-0.25, -0.2) is 4.79 Å². The van der Waals surface area contributed by atoms with Crippen molar-refractivity contribution < 1.29 is 4.79 Å². The maximum atomic E-state index is 14.1. The normalized spacial score (nSPS) is 17.7. The molecule has 0 radical (unpaired) electrons. The second-order valence-corrected chi connectivity index (χ2v) is 11.8. The Morgan fingerprint density at radius 1 is 0.838 bits per heavy atom. The molecule has 0 unspecified atom stereocenters. The zero-order valence-electron chi connectivity index (χ0n) is 23.0. The predicted octanol–water partition coefficient (Wildman–Crippen LogP) is 9.42. The first-order chi connectivity index (χ1) is 17.9. The topological polar surface area (TPSA) is 32.3 Å². The van der Waals surface area contributed by atoms with Crippen LogP contribution in [0.2, 0.25) is 0 Å². The van der Waals surface area contributed by atoms with Crippen LogP contribution >= 0.6 is 11.8 Å². The van der Waals surface area contributed by atoms with Crippen LogP contribution in [-0.2, 0) is 6.54 Å². The molecule has 3 nitrogen and oxygen atoms in total. The Bertz CT molecular complexity index is 1140. The van der Waals surface area contributed by atoms with Crippen LogP contribution in [0, 0.1) is 0 Å². The number of rotatable bonds is 8. The highest BCUT2D eigenvalue weighted by Crippen LogP contribution is 2.37. The van der Waals surface area contributed by atoms with E-state index < -0.39 is 0 Å². The molecule has 0 aromatic heterocycles. The third kappa shape index (κ3) is 6.59. The van der Waals surface area contributed by atoms with Gasteiger partial charge in [0.05, 0.1) is 0 Å². The maximum Gasteiger partial charge on any atom is 0.322 e. The highest BCUT2D eigenvalue weighted by molar-refractivity contribution is 7.98. The van der Waals surface area contributed by atoms with E-state index in [4.69, 9.17) is 0 Å². The minimum atomic E-state index is 0.0223. The van der Waals surface area contributed by atoms with Gasteiger partial charge in [0.15, 0.2) is 0 Å². The Labute approximate surface area is 228 Å². The molecule has 0 heterocycles. The van der Waals surface area contributed by atoms with E-state index in [1.807, 2.05) is 0 Å². The van der Waals surface area contributed by atoms with Gasteiger partial charge < -0.3 is 10.2 Å². The van der Waals surface area contributed by atoms with Crippen LogP contribution in [0.3, 0.4) is 0 Å². The first-order valence-electron chi connectivity index (χ1n) is 13.8. The van der Waals surface area contributed by atoms with E-state index in [1.165, 1.54) is 27.1 Å². The fourth-order valence-electron chi connectivity index (χ4n) is 5.70. The van der Waals surface area contributed by atoms with Gasteiger partial charge >= 0.3 is 6.03 Å². The summed E-state index contributed by atoms with van der Waals surface area (Å²) in [6.45, 7) is 9.43. The molecule has 3 aromatic carbocycles. The molecule has 2 amide bonds. The Hall–Kier alpha value is -2.72. The molecule has 3 aromatic rings. The summed E-state index contributed by atoms with van der Waals surface area (Å²) in [6, 6.07) is 26.0. The van der Waals surface area contributed by atoms with Crippen LogP contribution in [-0.4, -0.2) is 23.2 Å². The number of nitrogens with zero attached hydrogens (tertiary/aromatic N) is 1. The maximum absolute atomic E-state index is 14.1. The number of carbonyl (C=O) groups is 1. The van der Waals surface area contributed by atoms with E-state index in [9.17, 15) is 4.79 Å². The summed E-state index contributed by atoms with van der Waals surface area (Å²) in [6.07, 6.45) is 6.39. The summed E-state index contributed by atoms with van der Waals surface area (Å²) >= 11 is 1.75. The number of amides is 2. The van der Waals surface area contributed by atoms with Crippen molar-refractivity contribution in [3.8, 4) is 0 Å². The average molecular weight is 515 g/mol. The molecule has 4 rings (SSSR count). The van der Waals surface area contributed by atoms with Crippen molar-refractivity contribution in [2.24, 2.45) is 0 Å². The van der Waals surface area contributed by atoms with Gasteiger partial charge in [0.25, 0.3) is 0 Å². The van der Waals surface area contributed by atoms with E-state index in [2.05, 4.69) is 117 Å². The Morgan fingerprint density at radius 2 is 1.43 bits per heavy atom. The lowest BCUT2D eigenvalue weighted by Crippen LogP contribution is -2.44. The van der Waals surface area contributed by atoms with Gasteiger partial charge in [-0.3, -0.25) is 0 Å². The molecule has 37 heavy (non-hydrogen) atoms. The monoisotopic (exact) mass is 514 g/mol. The van der Waals surface area contributed by atoms with Gasteiger partial charge in [-0.1, -0.05) is 94.4 Å². The van der Waals surface area contributed by atoms with Crippen molar-refractivity contribution in [2.45, 2.75) is 88.6 Å². The molecule has 1 aliphatic rings. The molecule has 1 fully saturated rings. The largest absolute Gasteiger partial charge is 0.322 e. The molecule has 4 heteroatoms. The standard InChI is InChI=1S/C33H42N2OS/c1-23(2)29-15-11-16-30(24(3)4)32(29)34-33(36)35(22-27-14-9-10-17-31(27)37-5)28-20-18-26(19-21-28)25-12-7-6-8-13-25/h6-17,23-24,26,28H,18-22H2,1-5H3,(H,34,36). The van der Waals surface area contributed by atoms with E-state index in [1.54, 1.807) is 11.8 Å². The van der Waals surface area contributed by atoms with Gasteiger partial charge in [-0.15, -0.1) is 11.8 Å². The first-order valence-corrected chi connectivity index (χ1v) is 15.0. The Morgan fingerprint density at radius 3 is 2.03 bits per heavy atom. The average Bonchev–Trinajstić information content (AvgIpc) is 2.92. The highest BCUT2D eigenvalue weighted by atomic mass is 32.2. The summed E-state index contributed by atoms with van der Waals surface area (Å²) in [7, 11) is 0. The van der Waals surface area contributed by atoms with Crippen molar-refractivity contribution in [1.29, 1.82) is 0 Å². The molecule has 0 spiro atoms. The number of hydrogen-bond acceptors (Lipinski definition) is 2. The number of anilines is 1. The van der Waals surface area contributed by atoms with Crippen LogP contribution in [0.5, 0.6) is 0 Å². The van der Waals surface area contributed by atoms with Crippen LogP contribution in [0.4, 0.5) is 10.5 Å². The third-order valence-corrected chi connectivity index (χ3v) is 8.65. The number of hydrogen-bond donors (Lipinski definition) is 1. The Kier molecular flexibility index (Phi) is 9.37. The molecular formula is C33H42N2OS. The second-order valence-electron chi connectivity index (χ2n) is 10.9. The van der Waals surface area contributed by atoms with Crippen LogP contribution in [0.15, 0.2) is 77.7 Å². The van der Waals surface area contributed by atoms with Gasteiger partial charge in [-0.05, 0) is 78.0 Å². The number of thioether (sulfide) groups is 1.